The largest absolute Gasteiger partial charge is 0.493 e. The summed E-state index contributed by atoms with van der Waals surface area (Å²) in [5, 5.41) is 3.57. The van der Waals surface area contributed by atoms with Crippen molar-refractivity contribution in [2.45, 2.75) is 33.8 Å². The van der Waals surface area contributed by atoms with Crippen molar-refractivity contribution in [2.75, 3.05) is 13.2 Å². The zero-order valence-corrected chi connectivity index (χ0v) is 16.3. The molecule has 0 aliphatic rings. The number of carbonyl (C=O) groups is 1. The van der Waals surface area contributed by atoms with E-state index in [-0.39, 0.29) is 5.91 Å². The minimum atomic E-state index is -0.0855. The van der Waals surface area contributed by atoms with Crippen molar-refractivity contribution in [3.05, 3.63) is 58.6 Å². The molecule has 0 aliphatic heterocycles. The molecule has 2 aromatic rings. The van der Waals surface area contributed by atoms with E-state index in [1.165, 1.54) is 0 Å². The van der Waals surface area contributed by atoms with Crippen LogP contribution in [0.2, 0.25) is 5.02 Å². The van der Waals surface area contributed by atoms with Crippen LogP contribution in [0.1, 0.15) is 43.1 Å². The molecule has 0 unspecified atom stereocenters. The molecule has 0 saturated carbocycles. The Morgan fingerprint density at radius 2 is 1.96 bits per heavy atom. The molecular weight excluding hydrogens is 350 g/mol. The molecule has 0 radical (unpaired) electrons. The first-order valence-electron chi connectivity index (χ1n) is 8.92. The molecule has 0 fully saturated rings. The molecule has 5 heteroatoms. The molecule has 0 bridgehead atoms. The van der Waals surface area contributed by atoms with Gasteiger partial charge in [0.2, 0.25) is 0 Å². The lowest BCUT2D eigenvalue weighted by molar-refractivity contribution is 0.0952. The Morgan fingerprint density at radius 3 is 2.65 bits per heavy atom. The zero-order chi connectivity index (χ0) is 18.9. The number of amides is 1. The molecule has 0 heterocycles. The molecule has 1 amide bonds. The molecule has 2 aromatic carbocycles. The second kappa shape index (κ2) is 10.1. The van der Waals surface area contributed by atoms with Crippen LogP contribution in [0.4, 0.5) is 0 Å². The maximum atomic E-state index is 12.4. The van der Waals surface area contributed by atoms with Crippen LogP contribution in [-0.4, -0.2) is 19.1 Å². The van der Waals surface area contributed by atoms with Crippen molar-refractivity contribution >= 4 is 17.5 Å². The maximum absolute atomic E-state index is 12.4. The normalized spacial score (nSPS) is 10.7. The van der Waals surface area contributed by atoms with Crippen LogP contribution in [0.25, 0.3) is 0 Å². The van der Waals surface area contributed by atoms with E-state index >= 15 is 0 Å². The summed E-state index contributed by atoms with van der Waals surface area (Å²) >= 11 is 5.99. The van der Waals surface area contributed by atoms with Gasteiger partial charge < -0.3 is 14.8 Å². The number of hydrogen-bond donors (Lipinski definition) is 1. The van der Waals surface area contributed by atoms with E-state index < -0.39 is 0 Å². The van der Waals surface area contributed by atoms with Gasteiger partial charge in [0.15, 0.2) is 0 Å². The smallest absolute Gasteiger partial charge is 0.251 e. The highest BCUT2D eigenvalue weighted by Crippen LogP contribution is 2.24. The Bertz CT molecular complexity index is 731. The van der Waals surface area contributed by atoms with Crippen LogP contribution in [0.15, 0.2) is 42.5 Å². The summed E-state index contributed by atoms with van der Waals surface area (Å²) in [7, 11) is 0. The summed E-state index contributed by atoms with van der Waals surface area (Å²) in [6.07, 6.45) is 0.952. The molecule has 140 valence electrons. The molecule has 1 N–H and O–H groups in total. The summed E-state index contributed by atoms with van der Waals surface area (Å²) < 4.78 is 11.5. The Morgan fingerprint density at radius 1 is 1.15 bits per heavy atom. The van der Waals surface area contributed by atoms with Crippen LogP contribution in [-0.2, 0) is 6.61 Å². The Balaban J connectivity index is 2.10. The second-order valence-corrected chi connectivity index (χ2v) is 6.88. The van der Waals surface area contributed by atoms with Gasteiger partial charge in [0.05, 0.1) is 6.61 Å². The predicted octanol–water partition coefficient (Wildman–Crippen LogP) is 5.09. The highest BCUT2D eigenvalue weighted by atomic mass is 35.5. The lowest BCUT2D eigenvalue weighted by atomic mass is 10.1. The van der Waals surface area contributed by atoms with Gasteiger partial charge in [-0.25, -0.2) is 0 Å². The third-order valence-corrected chi connectivity index (χ3v) is 4.06. The average molecular weight is 376 g/mol. The molecule has 4 nitrogen and oxygen atoms in total. The van der Waals surface area contributed by atoms with Gasteiger partial charge in [0.25, 0.3) is 5.91 Å². The van der Waals surface area contributed by atoms with Crippen LogP contribution in [0.3, 0.4) is 0 Å². The number of ether oxygens (including phenoxy) is 2. The summed E-state index contributed by atoms with van der Waals surface area (Å²) in [4.78, 5) is 12.4. The quantitative estimate of drug-likeness (QED) is 0.663. The van der Waals surface area contributed by atoms with Crippen molar-refractivity contribution < 1.29 is 14.3 Å². The van der Waals surface area contributed by atoms with E-state index in [1.54, 1.807) is 18.2 Å². The Kier molecular flexibility index (Phi) is 7.79. The number of halogens is 1. The monoisotopic (exact) mass is 375 g/mol. The fourth-order valence-electron chi connectivity index (χ4n) is 2.42. The van der Waals surface area contributed by atoms with E-state index in [1.807, 2.05) is 31.2 Å². The molecule has 0 aliphatic carbocycles. The van der Waals surface area contributed by atoms with E-state index in [4.69, 9.17) is 21.1 Å². The lowest BCUT2D eigenvalue weighted by Gasteiger charge is -2.14. The van der Waals surface area contributed by atoms with Gasteiger partial charge in [-0.1, -0.05) is 31.5 Å². The van der Waals surface area contributed by atoms with Gasteiger partial charge >= 0.3 is 0 Å². The first-order chi connectivity index (χ1) is 12.5. The third-order valence-electron chi connectivity index (χ3n) is 3.82. The van der Waals surface area contributed by atoms with Gasteiger partial charge in [-0.3, -0.25) is 4.79 Å². The number of rotatable bonds is 9. The molecule has 0 saturated heterocycles. The van der Waals surface area contributed by atoms with Crippen molar-refractivity contribution in [2.24, 2.45) is 5.92 Å². The molecular formula is C21H26ClNO3. The van der Waals surface area contributed by atoms with E-state index in [0.29, 0.717) is 47.8 Å². The van der Waals surface area contributed by atoms with Crippen LogP contribution in [0, 0.1) is 5.92 Å². The summed E-state index contributed by atoms with van der Waals surface area (Å²) in [5.74, 6) is 1.86. The van der Waals surface area contributed by atoms with Crippen LogP contribution < -0.4 is 14.8 Å². The first-order valence-corrected chi connectivity index (χ1v) is 9.29. The zero-order valence-electron chi connectivity index (χ0n) is 15.5. The van der Waals surface area contributed by atoms with Gasteiger partial charge in [-0.2, -0.15) is 0 Å². The predicted molar refractivity (Wildman–Crippen MR) is 105 cm³/mol. The molecule has 26 heavy (non-hydrogen) atoms. The van der Waals surface area contributed by atoms with E-state index in [2.05, 4.69) is 19.2 Å². The first kappa shape index (κ1) is 20.1. The van der Waals surface area contributed by atoms with Gasteiger partial charge in [-0.05, 0) is 55.7 Å². The average Bonchev–Trinajstić information content (AvgIpc) is 2.60. The molecule has 2 rings (SSSR count). The number of nitrogens with one attached hydrogen (secondary N) is 1. The Hall–Kier alpha value is -2.20. The maximum Gasteiger partial charge on any atom is 0.251 e. The number of hydrogen-bond acceptors (Lipinski definition) is 3. The number of benzene rings is 2. The van der Waals surface area contributed by atoms with Gasteiger partial charge in [-0.15, -0.1) is 0 Å². The van der Waals surface area contributed by atoms with Crippen molar-refractivity contribution in [1.82, 2.24) is 5.32 Å². The summed E-state index contributed by atoms with van der Waals surface area (Å²) in [5.41, 5.74) is 1.42. The van der Waals surface area contributed by atoms with Crippen molar-refractivity contribution in [3.63, 3.8) is 0 Å². The second-order valence-electron chi connectivity index (χ2n) is 6.44. The Labute approximate surface area is 160 Å². The fraction of sp³-hybridized carbons (Fsp3) is 0.381. The SMILES string of the molecule is CCOc1ccc(C(=O)NCCC(C)C)cc1COc1cccc(Cl)c1. The van der Waals surface area contributed by atoms with Gasteiger partial charge in [0, 0.05) is 22.7 Å². The van der Waals surface area contributed by atoms with Gasteiger partial charge in [0.1, 0.15) is 18.1 Å². The lowest BCUT2D eigenvalue weighted by Crippen LogP contribution is -2.25. The minimum Gasteiger partial charge on any atom is -0.493 e. The standard InChI is InChI=1S/C21H26ClNO3/c1-4-25-20-9-8-16(21(24)23-11-10-15(2)3)12-17(20)14-26-19-7-5-6-18(22)13-19/h5-9,12-13,15H,4,10-11,14H2,1-3H3,(H,23,24). The minimum absolute atomic E-state index is 0.0855. The topological polar surface area (TPSA) is 47.6 Å². The van der Waals surface area contributed by atoms with Crippen LogP contribution in [0.5, 0.6) is 11.5 Å². The highest BCUT2D eigenvalue weighted by Gasteiger charge is 2.11. The van der Waals surface area contributed by atoms with Crippen molar-refractivity contribution in [1.29, 1.82) is 0 Å². The highest BCUT2D eigenvalue weighted by molar-refractivity contribution is 6.30. The molecule has 0 atom stereocenters. The third kappa shape index (κ3) is 6.26. The summed E-state index contributed by atoms with van der Waals surface area (Å²) in [6, 6.07) is 12.6. The number of carbonyl (C=O) groups excluding carboxylic acids is 1. The molecule has 0 aromatic heterocycles. The van der Waals surface area contributed by atoms with E-state index in [0.717, 1.165) is 12.0 Å². The molecule has 0 spiro atoms. The fourth-order valence-corrected chi connectivity index (χ4v) is 2.60. The summed E-state index contributed by atoms with van der Waals surface area (Å²) in [6.45, 7) is 7.70. The van der Waals surface area contributed by atoms with Crippen molar-refractivity contribution in [3.8, 4) is 11.5 Å². The van der Waals surface area contributed by atoms with Crippen LogP contribution >= 0.6 is 11.6 Å². The van der Waals surface area contributed by atoms with E-state index in [9.17, 15) is 4.79 Å².